The zero-order valence-electron chi connectivity index (χ0n) is 14.6. The van der Waals surface area contributed by atoms with Gasteiger partial charge in [0.15, 0.2) is 0 Å². The summed E-state index contributed by atoms with van der Waals surface area (Å²) in [5, 5.41) is 0. The molecule has 0 saturated carbocycles. The highest BCUT2D eigenvalue weighted by Gasteiger charge is 2.13. The number of benzene rings is 2. The van der Waals surface area contributed by atoms with Crippen LogP contribution in [0.25, 0.3) is 0 Å². The molecule has 2 rings (SSSR count). The zero-order chi connectivity index (χ0) is 17.7. The molecule has 0 heterocycles. The van der Waals surface area contributed by atoms with Gasteiger partial charge in [-0.15, -0.1) is 0 Å². The van der Waals surface area contributed by atoms with Crippen LogP contribution in [0.2, 0.25) is 0 Å². The fraction of sp³-hybridized carbons (Fsp3) is 0.350. The number of aryl methyl sites for hydroxylation is 3. The molecule has 128 valence electrons. The van der Waals surface area contributed by atoms with E-state index in [-0.39, 0.29) is 5.97 Å². The minimum atomic E-state index is -0.255. The molecule has 0 amide bonds. The van der Waals surface area contributed by atoms with E-state index in [2.05, 4.69) is 48.8 Å². The van der Waals surface area contributed by atoms with Crippen LogP contribution in [0.4, 0.5) is 0 Å². The molecule has 0 atom stereocenters. The standard InChI is InChI=1S/C20H23BrO3/c1-5-15-10-13(3)14(4)11-19(15)23-12-16-17(21)8-7-9-18(16)24-20(22)6-2/h7-11H,5-6,12H2,1-4H3. The molecule has 2 aromatic rings. The van der Waals surface area contributed by atoms with Crippen LogP contribution < -0.4 is 9.47 Å². The summed E-state index contributed by atoms with van der Waals surface area (Å²) in [6.45, 7) is 8.41. The third-order valence-corrected chi connectivity index (χ3v) is 4.76. The smallest absolute Gasteiger partial charge is 0.310 e. The third-order valence-electron chi connectivity index (χ3n) is 4.02. The number of hydrogen-bond acceptors (Lipinski definition) is 3. The second-order valence-electron chi connectivity index (χ2n) is 5.73. The summed E-state index contributed by atoms with van der Waals surface area (Å²) < 4.78 is 12.3. The van der Waals surface area contributed by atoms with E-state index in [9.17, 15) is 4.79 Å². The Morgan fingerprint density at radius 3 is 2.46 bits per heavy atom. The van der Waals surface area contributed by atoms with Crippen molar-refractivity contribution in [3.05, 3.63) is 57.1 Å². The van der Waals surface area contributed by atoms with Crippen LogP contribution in [0.1, 0.15) is 42.5 Å². The predicted octanol–water partition coefficient (Wildman–Crippen LogP) is 5.52. The van der Waals surface area contributed by atoms with Crippen molar-refractivity contribution in [3.63, 3.8) is 0 Å². The summed E-state index contributed by atoms with van der Waals surface area (Å²) in [4.78, 5) is 11.6. The lowest BCUT2D eigenvalue weighted by atomic mass is 10.0. The molecule has 0 aliphatic heterocycles. The molecule has 0 spiro atoms. The number of esters is 1. The molecule has 3 nitrogen and oxygen atoms in total. The molecule has 0 bridgehead atoms. The van der Waals surface area contributed by atoms with Crippen LogP contribution in [-0.4, -0.2) is 5.97 Å². The van der Waals surface area contributed by atoms with Gasteiger partial charge < -0.3 is 9.47 Å². The van der Waals surface area contributed by atoms with E-state index in [1.54, 1.807) is 13.0 Å². The molecular formula is C20H23BrO3. The molecule has 0 saturated heterocycles. The maximum absolute atomic E-state index is 11.6. The van der Waals surface area contributed by atoms with Crippen molar-refractivity contribution in [2.75, 3.05) is 0 Å². The molecule has 0 aliphatic rings. The van der Waals surface area contributed by atoms with Gasteiger partial charge in [0.2, 0.25) is 0 Å². The lowest BCUT2D eigenvalue weighted by Crippen LogP contribution is -2.09. The van der Waals surface area contributed by atoms with Crippen LogP contribution in [0.3, 0.4) is 0 Å². The highest BCUT2D eigenvalue weighted by Crippen LogP contribution is 2.30. The average molecular weight is 391 g/mol. The Hall–Kier alpha value is -1.81. The molecular weight excluding hydrogens is 368 g/mol. The van der Waals surface area contributed by atoms with E-state index in [1.165, 1.54) is 16.7 Å². The van der Waals surface area contributed by atoms with Gasteiger partial charge in [0.1, 0.15) is 18.1 Å². The number of rotatable bonds is 6. The van der Waals surface area contributed by atoms with Crippen LogP contribution in [0.15, 0.2) is 34.8 Å². The van der Waals surface area contributed by atoms with Crippen LogP contribution in [-0.2, 0) is 17.8 Å². The van der Waals surface area contributed by atoms with Crippen molar-refractivity contribution in [3.8, 4) is 11.5 Å². The van der Waals surface area contributed by atoms with Gasteiger partial charge in [0, 0.05) is 16.5 Å². The highest BCUT2D eigenvalue weighted by molar-refractivity contribution is 9.10. The minimum Gasteiger partial charge on any atom is -0.488 e. The molecule has 2 aromatic carbocycles. The molecule has 4 heteroatoms. The Labute approximate surface area is 152 Å². The molecule has 0 fully saturated rings. The summed E-state index contributed by atoms with van der Waals surface area (Å²) in [5.74, 6) is 1.16. The van der Waals surface area contributed by atoms with Crippen molar-refractivity contribution < 1.29 is 14.3 Å². The van der Waals surface area contributed by atoms with E-state index < -0.39 is 0 Å². The van der Waals surface area contributed by atoms with Gasteiger partial charge in [-0.1, -0.05) is 41.9 Å². The Bertz CT molecular complexity index is 738. The van der Waals surface area contributed by atoms with Gasteiger partial charge in [-0.2, -0.15) is 0 Å². The van der Waals surface area contributed by atoms with Crippen LogP contribution in [0, 0.1) is 13.8 Å². The number of carbonyl (C=O) groups is 1. The van der Waals surface area contributed by atoms with Gasteiger partial charge in [0.25, 0.3) is 0 Å². The van der Waals surface area contributed by atoms with Crippen molar-refractivity contribution in [2.45, 2.75) is 47.1 Å². The first-order valence-electron chi connectivity index (χ1n) is 8.17. The summed E-state index contributed by atoms with van der Waals surface area (Å²) in [5.41, 5.74) is 4.47. The Morgan fingerprint density at radius 2 is 1.79 bits per heavy atom. The molecule has 0 aliphatic carbocycles. The summed E-state index contributed by atoms with van der Waals surface area (Å²) >= 11 is 3.52. The number of hydrogen-bond donors (Lipinski definition) is 0. The Balaban J connectivity index is 2.26. The van der Waals surface area contributed by atoms with E-state index in [0.717, 1.165) is 22.2 Å². The van der Waals surface area contributed by atoms with Crippen molar-refractivity contribution in [2.24, 2.45) is 0 Å². The van der Waals surface area contributed by atoms with E-state index in [1.807, 2.05) is 12.1 Å². The number of ether oxygens (including phenoxy) is 2. The van der Waals surface area contributed by atoms with Gasteiger partial charge in [-0.05, 0) is 55.2 Å². The quantitative estimate of drug-likeness (QED) is 0.480. The lowest BCUT2D eigenvalue weighted by molar-refractivity contribution is -0.134. The highest BCUT2D eigenvalue weighted by atomic mass is 79.9. The Kier molecular flexibility index (Phi) is 6.44. The predicted molar refractivity (Wildman–Crippen MR) is 99.7 cm³/mol. The average Bonchev–Trinajstić information content (AvgIpc) is 2.56. The topological polar surface area (TPSA) is 35.5 Å². The maximum atomic E-state index is 11.6. The van der Waals surface area contributed by atoms with E-state index in [4.69, 9.17) is 9.47 Å². The van der Waals surface area contributed by atoms with Crippen molar-refractivity contribution in [1.82, 2.24) is 0 Å². The van der Waals surface area contributed by atoms with Gasteiger partial charge >= 0.3 is 5.97 Å². The molecule has 24 heavy (non-hydrogen) atoms. The van der Waals surface area contributed by atoms with Gasteiger partial charge in [-0.25, -0.2) is 0 Å². The molecule has 0 unspecified atom stereocenters. The van der Waals surface area contributed by atoms with E-state index >= 15 is 0 Å². The zero-order valence-corrected chi connectivity index (χ0v) is 16.2. The normalized spacial score (nSPS) is 10.5. The van der Waals surface area contributed by atoms with Crippen molar-refractivity contribution >= 4 is 21.9 Å². The summed E-state index contributed by atoms with van der Waals surface area (Å²) in [7, 11) is 0. The number of carbonyl (C=O) groups excluding carboxylic acids is 1. The fourth-order valence-corrected chi connectivity index (χ4v) is 2.84. The second kappa shape index (κ2) is 8.34. The Morgan fingerprint density at radius 1 is 1.08 bits per heavy atom. The van der Waals surface area contributed by atoms with Crippen molar-refractivity contribution in [1.29, 1.82) is 0 Å². The summed E-state index contributed by atoms with van der Waals surface area (Å²) in [6.07, 6.45) is 1.24. The second-order valence-corrected chi connectivity index (χ2v) is 6.58. The first-order chi connectivity index (χ1) is 11.5. The van der Waals surface area contributed by atoms with E-state index in [0.29, 0.717) is 18.8 Å². The SMILES string of the molecule is CCC(=O)Oc1cccc(Br)c1COc1cc(C)c(C)cc1CC. The molecule has 0 aromatic heterocycles. The lowest BCUT2D eigenvalue weighted by Gasteiger charge is -2.16. The van der Waals surface area contributed by atoms with Crippen LogP contribution in [0.5, 0.6) is 11.5 Å². The largest absolute Gasteiger partial charge is 0.488 e. The van der Waals surface area contributed by atoms with Gasteiger partial charge in [0.05, 0.1) is 0 Å². The molecule has 0 N–H and O–H groups in total. The monoisotopic (exact) mass is 390 g/mol. The maximum Gasteiger partial charge on any atom is 0.310 e. The summed E-state index contributed by atoms with van der Waals surface area (Å²) in [6, 6.07) is 9.80. The third kappa shape index (κ3) is 4.38. The van der Waals surface area contributed by atoms with Crippen LogP contribution >= 0.6 is 15.9 Å². The molecule has 0 radical (unpaired) electrons. The minimum absolute atomic E-state index is 0.255. The first-order valence-corrected chi connectivity index (χ1v) is 8.96. The fourth-order valence-electron chi connectivity index (χ4n) is 2.38. The van der Waals surface area contributed by atoms with Gasteiger partial charge in [-0.3, -0.25) is 4.79 Å². The first kappa shape index (κ1) is 18.5. The number of halogens is 1.